The molecule has 0 atom stereocenters. The number of rotatable bonds is 5. The molecular weight excluding hydrogens is 252 g/mol. The zero-order chi connectivity index (χ0) is 13.1. The van der Waals surface area contributed by atoms with E-state index in [1.807, 2.05) is 24.7 Å². The number of nitrogens with zero attached hydrogens (tertiary/aromatic N) is 3. The molecule has 7 heteroatoms. The predicted molar refractivity (Wildman–Crippen MR) is 69.0 cm³/mol. The highest BCUT2D eigenvalue weighted by Gasteiger charge is 2.12. The Kier molecular flexibility index (Phi) is 3.71. The van der Waals surface area contributed by atoms with Gasteiger partial charge in [-0.1, -0.05) is 11.8 Å². The van der Waals surface area contributed by atoms with E-state index in [2.05, 4.69) is 10.2 Å². The molecule has 2 heterocycles. The van der Waals surface area contributed by atoms with Crippen molar-refractivity contribution in [3.63, 3.8) is 0 Å². The highest BCUT2D eigenvalue weighted by atomic mass is 32.2. The molecule has 18 heavy (non-hydrogen) atoms. The lowest BCUT2D eigenvalue weighted by Crippen LogP contribution is -2.16. The Bertz CT molecular complexity index is 611. The van der Waals surface area contributed by atoms with Crippen LogP contribution in [0.3, 0.4) is 0 Å². The van der Waals surface area contributed by atoms with Gasteiger partial charge in [0.05, 0.1) is 5.75 Å². The summed E-state index contributed by atoms with van der Waals surface area (Å²) in [6.07, 6.45) is 3.61. The summed E-state index contributed by atoms with van der Waals surface area (Å²) in [5.74, 6) is 0.299. The van der Waals surface area contributed by atoms with Crippen LogP contribution in [0.25, 0.3) is 0 Å². The van der Waals surface area contributed by atoms with Crippen molar-refractivity contribution in [1.29, 1.82) is 0 Å². The smallest absolute Gasteiger partial charge is 0.343 e. The van der Waals surface area contributed by atoms with Gasteiger partial charge in [-0.2, -0.15) is 0 Å². The van der Waals surface area contributed by atoms with Crippen LogP contribution in [0, 0.1) is 0 Å². The van der Waals surface area contributed by atoms with Gasteiger partial charge in [-0.05, 0) is 13.0 Å². The monoisotopic (exact) mass is 266 g/mol. The first-order valence-corrected chi connectivity index (χ1v) is 6.53. The van der Waals surface area contributed by atoms with Crippen molar-refractivity contribution in [2.75, 3.05) is 5.75 Å². The zero-order valence-corrected chi connectivity index (χ0v) is 11.0. The maximum atomic E-state index is 11.9. The van der Waals surface area contributed by atoms with E-state index in [-0.39, 0.29) is 17.2 Å². The average molecular weight is 266 g/mol. The number of ketones is 1. The molecule has 0 aliphatic carbocycles. The number of hydrogen-bond acceptors (Lipinski definition) is 4. The van der Waals surface area contributed by atoms with E-state index in [0.29, 0.717) is 17.3 Å². The van der Waals surface area contributed by atoms with Gasteiger partial charge < -0.3 is 4.57 Å². The highest BCUT2D eigenvalue weighted by molar-refractivity contribution is 7.99. The van der Waals surface area contributed by atoms with Crippen molar-refractivity contribution in [2.24, 2.45) is 7.05 Å². The van der Waals surface area contributed by atoms with Crippen LogP contribution in [-0.2, 0) is 13.6 Å². The Morgan fingerprint density at radius 2 is 2.33 bits per heavy atom. The minimum Gasteiger partial charge on any atom is -0.357 e. The molecular formula is C11H14N4O2S. The van der Waals surface area contributed by atoms with Gasteiger partial charge in [-0.25, -0.2) is 9.89 Å². The second kappa shape index (κ2) is 5.26. The van der Waals surface area contributed by atoms with Gasteiger partial charge in [-0.15, -0.1) is 5.10 Å². The van der Waals surface area contributed by atoms with Crippen LogP contribution >= 0.6 is 11.8 Å². The molecule has 0 amide bonds. The number of Topliss-reactive ketones (excluding diaryl/α,β-unsaturated/α-hetero) is 1. The number of thioether (sulfide) groups is 1. The Morgan fingerprint density at radius 3 is 2.94 bits per heavy atom. The third-order valence-corrected chi connectivity index (χ3v) is 3.50. The molecule has 0 bridgehead atoms. The molecule has 0 saturated carbocycles. The number of nitrogens with one attached hydrogen (secondary N) is 1. The van der Waals surface area contributed by atoms with Gasteiger partial charge in [0, 0.05) is 31.5 Å². The number of carbonyl (C=O) groups is 1. The van der Waals surface area contributed by atoms with Crippen molar-refractivity contribution >= 4 is 17.5 Å². The predicted octanol–water partition coefficient (Wildman–Crippen LogP) is 0.905. The minimum atomic E-state index is -0.243. The quantitative estimate of drug-likeness (QED) is 0.645. The van der Waals surface area contributed by atoms with Gasteiger partial charge in [0.25, 0.3) is 0 Å². The largest absolute Gasteiger partial charge is 0.357 e. The lowest BCUT2D eigenvalue weighted by molar-refractivity contribution is 0.102. The number of hydrogen-bond donors (Lipinski definition) is 1. The number of H-pyrrole nitrogens is 1. The topological polar surface area (TPSA) is 72.7 Å². The number of carbonyl (C=O) groups excluding carboxylic acids is 1. The summed E-state index contributed by atoms with van der Waals surface area (Å²) in [4.78, 5) is 23.2. The molecule has 2 aromatic heterocycles. The van der Waals surface area contributed by atoms with Gasteiger partial charge in [0.2, 0.25) is 0 Å². The van der Waals surface area contributed by atoms with E-state index in [1.165, 1.54) is 16.3 Å². The molecule has 0 fully saturated rings. The summed E-state index contributed by atoms with van der Waals surface area (Å²) < 4.78 is 3.33. The fraction of sp³-hybridized carbons (Fsp3) is 0.364. The molecule has 2 rings (SSSR count). The van der Waals surface area contributed by atoms with Gasteiger partial charge in [-0.3, -0.25) is 9.36 Å². The lowest BCUT2D eigenvalue weighted by Gasteiger charge is -2.00. The van der Waals surface area contributed by atoms with Crippen molar-refractivity contribution in [1.82, 2.24) is 19.3 Å². The molecule has 1 N–H and O–H groups in total. The molecule has 2 aromatic rings. The zero-order valence-electron chi connectivity index (χ0n) is 10.2. The van der Waals surface area contributed by atoms with Crippen molar-refractivity contribution < 1.29 is 4.79 Å². The van der Waals surface area contributed by atoms with Crippen LogP contribution in [0.1, 0.15) is 17.3 Å². The summed E-state index contributed by atoms with van der Waals surface area (Å²) in [6, 6.07) is 1.78. The van der Waals surface area contributed by atoms with E-state index in [9.17, 15) is 9.59 Å². The van der Waals surface area contributed by atoms with E-state index in [4.69, 9.17) is 0 Å². The third kappa shape index (κ3) is 2.56. The lowest BCUT2D eigenvalue weighted by atomic mass is 10.2. The van der Waals surface area contributed by atoms with E-state index in [1.54, 1.807) is 12.3 Å². The van der Waals surface area contributed by atoms with Crippen molar-refractivity contribution in [2.45, 2.75) is 18.6 Å². The Hall–Kier alpha value is -1.76. The van der Waals surface area contributed by atoms with Crippen LogP contribution in [0.15, 0.2) is 28.4 Å². The third-order valence-electron chi connectivity index (χ3n) is 2.53. The van der Waals surface area contributed by atoms with Crippen LogP contribution in [0.2, 0.25) is 0 Å². The Labute approximate surface area is 108 Å². The van der Waals surface area contributed by atoms with Crippen LogP contribution in [0.5, 0.6) is 0 Å². The Balaban J connectivity index is 2.03. The molecule has 6 nitrogen and oxygen atoms in total. The van der Waals surface area contributed by atoms with Crippen LogP contribution < -0.4 is 5.69 Å². The molecule has 0 radical (unpaired) electrons. The first-order valence-electron chi connectivity index (χ1n) is 5.55. The second-order valence-corrected chi connectivity index (χ2v) is 4.78. The molecule has 0 aromatic carbocycles. The SMILES string of the molecule is CCn1c(SCC(=O)c2ccn(C)c2)n[nH]c1=O. The first kappa shape index (κ1) is 12.7. The molecule has 0 saturated heterocycles. The molecule has 96 valence electrons. The first-order chi connectivity index (χ1) is 8.61. The maximum absolute atomic E-state index is 11.9. The van der Waals surface area contributed by atoms with E-state index >= 15 is 0 Å². The molecule has 0 spiro atoms. The average Bonchev–Trinajstić information content (AvgIpc) is 2.92. The van der Waals surface area contributed by atoms with Crippen molar-refractivity contribution in [3.05, 3.63) is 34.5 Å². The van der Waals surface area contributed by atoms with Gasteiger partial charge in [0.1, 0.15) is 0 Å². The fourth-order valence-corrected chi connectivity index (χ4v) is 2.48. The van der Waals surface area contributed by atoms with Crippen LogP contribution in [0.4, 0.5) is 0 Å². The van der Waals surface area contributed by atoms with Gasteiger partial charge >= 0.3 is 5.69 Å². The summed E-state index contributed by atoms with van der Waals surface area (Å²) in [5.41, 5.74) is 0.429. The molecule has 0 unspecified atom stereocenters. The van der Waals surface area contributed by atoms with Crippen molar-refractivity contribution in [3.8, 4) is 0 Å². The highest BCUT2D eigenvalue weighted by Crippen LogP contribution is 2.15. The number of aromatic nitrogens is 4. The minimum absolute atomic E-state index is 0.0266. The molecule has 0 aliphatic rings. The fourth-order valence-electron chi connectivity index (χ4n) is 1.57. The number of aryl methyl sites for hydroxylation is 1. The van der Waals surface area contributed by atoms with E-state index in [0.717, 1.165) is 0 Å². The summed E-state index contributed by atoms with van der Waals surface area (Å²) in [5, 5.41) is 6.81. The van der Waals surface area contributed by atoms with Gasteiger partial charge in [0.15, 0.2) is 10.9 Å². The summed E-state index contributed by atoms with van der Waals surface area (Å²) in [6.45, 7) is 2.40. The number of aromatic amines is 1. The Morgan fingerprint density at radius 1 is 1.56 bits per heavy atom. The second-order valence-electron chi connectivity index (χ2n) is 3.83. The maximum Gasteiger partial charge on any atom is 0.343 e. The van der Waals surface area contributed by atoms with E-state index < -0.39 is 0 Å². The standard InChI is InChI=1S/C11H14N4O2S/c1-3-15-10(17)12-13-11(15)18-7-9(16)8-4-5-14(2)6-8/h4-6H,3,7H2,1-2H3,(H,12,17). The normalized spacial score (nSPS) is 10.8. The summed E-state index contributed by atoms with van der Waals surface area (Å²) >= 11 is 1.27. The molecule has 0 aliphatic heterocycles. The summed E-state index contributed by atoms with van der Waals surface area (Å²) in [7, 11) is 1.87. The van der Waals surface area contributed by atoms with Crippen LogP contribution in [-0.4, -0.2) is 30.9 Å².